The molecule has 1 aromatic carbocycles. The lowest BCUT2D eigenvalue weighted by Crippen LogP contribution is -2.49. The van der Waals surface area contributed by atoms with Crippen molar-refractivity contribution in [3.63, 3.8) is 0 Å². The number of halogens is 1. The monoisotopic (exact) mass is 310 g/mol. The minimum Gasteiger partial charge on any atom is -0.344 e. The first-order valence-corrected chi connectivity index (χ1v) is 8.27. The molecule has 1 fully saturated rings. The molecule has 0 radical (unpaired) electrons. The zero-order valence-electron chi connectivity index (χ0n) is 13.8. The largest absolute Gasteiger partial charge is 0.344 e. The molecule has 1 saturated heterocycles. The van der Waals surface area contributed by atoms with E-state index in [2.05, 4.69) is 52.0 Å². The number of hydrogen-bond acceptors (Lipinski definition) is 2. The fraction of sp³-hybridized carbons (Fsp3) is 0.667. The predicted molar refractivity (Wildman–Crippen MR) is 87.8 cm³/mol. The third-order valence-corrected chi connectivity index (χ3v) is 4.66. The lowest BCUT2D eigenvalue weighted by atomic mass is 9.91. The lowest BCUT2D eigenvalue weighted by Gasteiger charge is -2.45. The number of rotatable bonds is 4. The molecule has 3 heteroatoms. The smallest absolute Gasteiger partial charge is 0.211 e. The van der Waals surface area contributed by atoms with Gasteiger partial charge in [0.25, 0.3) is 0 Å². The first kappa shape index (κ1) is 16.8. The molecule has 1 aliphatic rings. The molecule has 0 saturated carbocycles. The molecular weight excluding hydrogens is 284 g/mol. The second-order valence-corrected chi connectivity index (χ2v) is 7.61. The van der Waals surface area contributed by atoms with Crippen LogP contribution in [0.25, 0.3) is 0 Å². The molecule has 2 unspecified atom stereocenters. The van der Waals surface area contributed by atoms with Gasteiger partial charge in [0.2, 0.25) is 5.79 Å². The number of hydrogen-bond donors (Lipinski definition) is 0. The summed E-state index contributed by atoms with van der Waals surface area (Å²) in [5.41, 5.74) is 2.38. The summed E-state index contributed by atoms with van der Waals surface area (Å²) < 4.78 is 12.2. The Bertz CT molecular complexity index is 455. The molecule has 1 aromatic rings. The van der Waals surface area contributed by atoms with Gasteiger partial charge in [-0.2, -0.15) is 0 Å². The maximum atomic E-state index is 6.42. The van der Waals surface area contributed by atoms with E-state index >= 15 is 0 Å². The van der Waals surface area contributed by atoms with Crippen LogP contribution in [0.4, 0.5) is 0 Å². The number of benzene rings is 1. The van der Waals surface area contributed by atoms with Crippen LogP contribution >= 0.6 is 11.6 Å². The Labute approximate surface area is 133 Å². The van der Waals surface area contributed by atoms with Crippen LogP contribution in [0.5, 0.6) is 0 Å². The molecule has 0 aromatic heterocycles. The van der Waals surface area contributed by atoms with Crippen molar-refractivity contribution in [3.8, 4) is 0 Å². The van der Waals surface area contributed by atoms with Crippen LogP contribution in [-0.4, -0.2) is 18.6 Å². The topological polar surface area (TPSA) is 18.5 Å². The van der Waals surface area contributed by atoms with E-state index in [-0.39, 0.29) is 10.8 Å². The van der Waals surface area contributed by atoms with Crippen molar-refractivity contribution in [2.45, 2.75) is 58.1 Å². The summed E-state index contributed by atoms with van der Waals surface area (Å²) in [5.74, 6) is -0.263. The van der Waals surface area contributed by atoms with E-state index < -0.39 is 5.79 Å². The Morgan fingerprint density at radius 2 is 1.62 bits per heavy atom. The molecule has 1 heterocycles. The molecule has 0 spiro atoms. The third-order valence-electron chi connectivity index (χ3n) is 4.37. The Morgan fingerprint density at radius 3 is 2.05 bits per heavy atom. The van der Waals surface area contributed by atoms with Crippen molar-refractivity contribution in [2.75, 3.05) is 13.2 Å². The molecular formula is C18H27ClO2. The van der Waals surface area contributed by atoms with Crippen molar-refractivity contribution in [1.29, 1.82) is 0 Å². The Balaban J connectivity index is 2.27. The van der Waals surface area contributed by atoms with Gasteiger partial charge in [-0.3, -0.25) is 0 Å². The normalized spacial score (nSPS) is 23.5. The summed E-state index contributed by atoms with van der Waals surface area (Å²) in [7, 11) is 0. The van der Waals surface area contributed by atoms with Crippen molar-refractivity contribution in [1.82, 2.24) is 0 Å². The first-order chi connectivity index (χ1) is 9.81. The second kappa shape index (κ2) is 6.28. The summed E-state index contributed by atoms with van der Waals surface area (Å²) in [4.78, 5) is 0. The fourth-order valence-corrected chi connectivity index (χ4v) is 2.85. The van der Waals surface area contributed by atoms with Crippen molar-refractivity contribution < 1.29 is 9.47 Å². The van der Waals surface area contributed by atoms with Gasteiger partial charge in [0, 0.05) is 11.0 Å². The van der Waals surface area contributed by atoms with E-state index in [9.17, 15) is 0 Å². The standard InChI is InChI=1S/C18H27ClO2/c1-6-13(2)15-7-9-16(10-8-15)18(14(3)19)20-11-17(4,5)12-21-18/h7-10,13-14H,6,11-12H2,1-5H3. The quantitative estimate of drug-likeness (QED) is 0.724. The maximum absolute atomic E-state index is 6.42. The van der Waals surface area contributed by atoms with Crippen LogP contribution in [-0.2, 0) is 15.3 Å². The number of ether oxygens (including phenoxy) is 2. The molecule has 0 amide bonds. The van der Waals surface area contributed by atoms with E-state index in [4.69, 9.17) is 21.1 Å². The van der Waals surface area contributed by atoms with E-state index in [0.29, 0.717) is 19.1 Å². The summed E-state index contributed by atoms with van der Waals surface area (Å²) in [6.07, 6.45) is 1.14. The Hall–Kier alpha value is -0.570. The van der Waals surface area contributed by atoms with Crippen molar-refractivity contribution in [2.24, 2.45) is 5.41 Å². The van der Waals surface area contributed by atoms with Crippen molar-refractivity contribution in [3.05, 3.63) is 35.4 Å². The van der Waals surface area contributed by atoms with Gasteiger partial charge in [-0.25, -0.2) is 0 Å². The highest BCUT2D eigenvalue weighted by Crippen LogP contribution is 2.41. The summed E-state index contributed by atoms with van der Waals surface area (Å²) >= 11 is 6.42. The van der Waals surface area contributed by atoms with Gasteiger partial charge in [-0.15, -0.1) is 11.6 Å². The summed E-state index contributed by atoms with van der Waals surface area (Å²) in [5, 5.41) is -0.247. The van der Waals surface area contributed by atoms with Gasteiger partial charge in [0.1, 0.15) is 0 Å². The number of alkyl halides is 1. The van der Waals surface area contributed by atoms with Crippen LogP contribution in [0, 0.1) is 5.41 Å². The fourth-order valence-electron chi connectivity index (χ4n) is 2.59. The lowest BCUT2D eigenvalue weighted by molar-refractivity contribution is -0.307. The minimum atomic E-state index is -0.828. The maximum Gasteiger partial charge on any atom is 0.211 e. The Morgan fingerprint density at radius 1 is 1.10 bits per heavy atom. The molecule has 0 bridgehead atoms. The molecule has 0 aliphatic carbocycles. The van der Waals surface area contributed by atoms with E-state index in [0.717, 1.165) is 12.0 Å². The van der Waals surface area contributed by atoms with Crippen LogP contribution in [0.3, 0.4) is 0 Å². The molecule has 2 rings (SSSR count). The molecule has 1 aliphatic heterocycles. The predicted octanol–water partition coefficient (Wildman–Crippen LogP) is 5.05. The highest BCUT2D eigenvalue weighted by atomic mass is 35.5. The average Bonchev–Trinajstić information content (AvgIpc) is 2.47. The summed E-state index contributed by atoms with van der Waals surface area (Å²) in [6.45, 7) is 12.0. The second-order valence-electron chi connectivity index (χ2n) is 6.96. The molecule has 21 heavy (non-hydrogen) atoms. The average molecular weight is 311 g/mol. The van der Waals surface area contributed by atoms with Gasteiger partial charge in [0.15, 0.2) is 0 Å². The highest BCUT2D eigenvalue weighted by Gasteiger charge is 2.45. The van der Waals surface area contributed by atoms with Crippen LogP contribution in [0.1, 0.15) is 58.1 Å². The molecule has 118 valence electrons. The minimum absolute atomic E-state index is 0.0337. The zero-order valence-corrected chi connectivity index (χ0v) is 14.5. The first-order valence-electron chi connectivity index (χ1n) is 7.83. The van der Waals surface area contributed by atoms with E-state index in [1.54, 1.807) is 0 Å². The Kier molecular flexibility index (Phi) is 5.02. The van der Waals surface area contributed by atoms with Gasteiger partial charge in [-0.1, -0.05) is 52.0 Å². The molecule has 2 atom stereocenters. The summed E-state index contributed by atoms with van der Waals surface area (Å²) in [6, 6.07) is 8.52. The van der Waals surface area contributed by atoms with E-state index in [1.807, 2.05) is 6.92 Å². The van der Waals surface area contributed by atoms with Gasteiger partial charge in [-0.05, 0) is 24.8 Å². The molecule has 2 nitrogen and oxygen atoms in total. The SMILES string of the molecule is CCC(C)c1ccc(C2(C(C)Cl)OCC(C)(C)CO2)cc1. The van der Waals surface area contributed by atoms with Crippen LogP contribution in [0.15, 0.2) is 24.3 Å². The van der Waals surface area contributed by atoms with Crippen LogP contribution in [0.2, 0.25) is 0 Å². The zero-order chi connectivity index (χ0) is 15.7. The van der Waals surface area contributed by atoms with Gasteiger partial charge >= 0.3 is 0 Å². The van der Waals surface area contributed by atoms with Gasteiger partial charge in [0.05, 0.1) is 18.6 Å². The molecule has 0 N–H and O–H groups in total. The highest BCUT2D eigenvalue weighted by molar-refractivity contribution is 6.21. The van der Waals surface area contributed by atoms with E-state index in [1.165, 1.54) is 5.56 Å². The third kappa shape index (κ3) is 3.44. The van der Waals surface area contributed by atoms with Crippen molar-refractivity contribution >= 4 is 11.6 Å². The van der Waals surface area contributed by atoms with Gasteiger partial charge < -0.3 is 9.47 Å². The van der Waals surface area contributed by atoms with Crippen LogP contribution < -0.4 is 0 Å².